The van der Waals surface area contributed by atoms with E-state index in [9.17, 15) is 13.6 Å². The summed E-state index contributed by atoms with van der Waals surface area (Å²) < 4.78 is 28.6. The average Bonchev–Trinajstić information content (AvgIpc) is 2.92. The minimum atomic E-state index is -2.87. The van der Waals surface area contributed by atoms with E-state index in [1.165, 1.54) is 37.1 Å². The van der Waals surface area contributed by atoms with E-state index in [0.29, 0.717) is 11.3 Å². The molecule has 26 heavy (non-hydrogen) atoms. The molecule has 1 saturated heterocycles. The lowest BCUT2D eigenvalue weighted by Gasteiger charge is -2.21. The number of hydrogen-bond donors (Lipinski definition) is 1. The number of halogens is 2. The maximum absolute atomic E-state index is 12.3. The van der Waals surface area contributed by atoms with Gasteiger partial charge in [-0.25, -0.2) is 4.98 Å². The molecule has 7 heteroatoms. The van der Waals surface area contributed by atoms with Crippen LogP contribution in [0.5, 0.6) is 5.75 Å². The highest BCUT2D eigenvalue weighted by Gasteiger charge is 2.13. The number of pyridine rings is 1. The summed E-state index contributed by atoms with van der Waals surface area (Å²) in [5, 5.41) is 2.71. The Balaban J connectivity index is 1.60. The Morgan fingerprint density at radius 1 is 1.04 bits per heavy atom. The molecule has 0 aliphatic carbocycles. The molecule has 138 valence electrons. The van der Waals surface area contributed by atoms with E-state index in [1.54, 1.807) is 12.3 Å². The number of rotatable bonds is 5. The first kappa shape index (κ1) is 18.1. The predicted octanol–water partition coefficient (Wildman–Crippen LogP) is 4.32. The summed E-state index contributed by atoms with van der Waals surface area (Å²) in [4.78, 5) is 19.0. The Hall–Kier alpha value is -2.70. The van der Waals surface area contributed by atoms with Crippen LogP contribution in [0.3, 0.4) is 0 Å². The molecule has 1 amide bonds. The molecule has 2 aromatic rings. The molecule has 1 aromatic heterocycles. The summed E-state index contributed by atoms with van der Waals surface area (Å²) in [6.45, 7) is -0.888. The molecule has 3 rings (SSSR count). The van der Waals surface area contributed by atoms with Gasteiger partial charge in [-0.1, -0.05) is 12.8 Å². The second-order valence-corrected chi connectivity index (χ2v) is 6.16. The average molecular weight is 361 g/mol. The van der Waals surface area contributed by atoms with Crippen molar-refractivity contribution in [1.82, 2.24) is 4.98 Å². The van der Waals surface area contributed by atoms with Crippen LogP contribution in [0.4, 0.5) is 20.3 Å². The van der Waals surface area contributed by atoms with E-state index < -0.39 is 6.61 Å². The van der Waals surface area contributed by atoms with Crippen molar-refractivity contribution in [2.45, 2.75) is 32.3 Å². The van der Waals surface area contributed by atoms with Crippen molar-refractivity contribution in [1.29, 1.82) is 0 Å². The molecule has 0 saturated carbocycles. The van der Waals surface area contributed by atoms with Crippen molar-refractivity contribution >= 4 is 17.4 Å². The quantitative estimate of drug-likeness (QED) is 0.862. The molecule has 0 bridgehead atoms. The molecule has 2 heterocycles. The fraction of sp³-hybridized carbons (Fsp3) is 0.368. The van der Waals surface area contributed by atoms with Gasteiger partial charge < -0.3 is 15.0 Å². The lowest BCUT2D eigenvalue weighted by atomic mass is 10.2. The zero-order chi connectivity index (χ0) is 18.4. The molecule has 0 radical (unpaired) electrons. The molecule has 0 unspecified atom stereocenters. The summed E-state index contributed by atoms with van der Waals surface area (Å²) in [5.74, 6) is 0.626. The van der Waals surface area contributed by atoms with Crippen LogP contribution in [-0.4, -0.2) is 30.6 Å². The summed E-state index contributed by atoms with van der Waals surface area (Å²) in [5.41, 5.74) is 0.935. The molecule has 1 aliphatic rings. The zero-order valence-corrected chi connectivity index (χ0v) is 14.3. The maximum atomic E-state index is 12.3. The van der Waals surface area contributed by atoms with Crippen LogP contribution in [0, 0.1) is 0 Å². The minimum absolute atomic E-state index is 0.0430. The van der Waals surface area contributed by atoms with Gasteiger partial charge in [-0.05, 0) is 49.2 Å². The number of anilines is 2. The van der Waals surface area contributed by atoms with Gasteiger partial charge in [-0.15, -0.1) is 0 Å². The van der Waals surface area contributed by atoms with Gasteiger partial charge in [0, 0.05) is 25.0 Å². The van der Waals surface area contributed by atoms with Crippen LogP contribution in [0.15, 0.2) is 42.6 Å². The van der Waals surface area contributed by atoms with Crippen LogP contribution in [-0.2, 0) is 0 Å². The molecule has 1 N–H and O–H groups in total. The number of ether oxygens (including phenoxy) is 1. The van der Waals surface area contributed by atoms with Gasteiger partial charge in [0.25, 0.3) is 5.91 Å². The largest absolute Gasteiger partial charge is 0.435 e. The number of benzene rings is 1. The molecular weight excluding hydrogens is 340 g/mol. The Kier molecular flexibility index (Phi) is 5.99. The van der Waals surface area contributed by atoms with Crippen molar-refractivity contribution < 1.29 is 18.3 Å². The van der Waals surface area contributed by atoms with Gasteiger partial charge in [0.2, 0.25) is 0 Å². The molecule has 1 aromatic carbocycles. The standard InChI is InChI=1S/C19H21F2N3O2/c20-19(21)26-16-8-6-15(7-9-16)23-18(25)14-5-10-17(22-13-14)24-11-3-1-2-4-12-24/h5-10,13,19H,1-4,11-12H2,(H,23,25). The zero-order valence-electron chi connectivity index (χ0n) is 14.3. The normalized spacial score (nSPS) is 14.8. The Labute approximate surface area is 151 Å². The molecule has 0 atom stereocenters. The minimum Gasteiger partial charge on any atom is -0.435 e. The summed E-state index contributed by atoms with van der Waals surface area (Å²) >= 11 is 0. The van der Waals surface area contributed by atoms with Crippen molar-refractivity contribution in [3.63, 3.8) is 0 Å². The second kappa shape index (κ2) is 8.60. The number of hydrogen-bond acceptors (Lipinski definition) is 4. The lowest BCUT2D eigenvalue weighted by Crippen LogP contribution is -2.25. The van der Waals surface area contributed by atoms with E-state index in [-0.39, 0.29) is 11.7 Å². The van der Waals surface area contributed by atoms with E-state index in [1.807, 2.05) is 6.07 Å². The van der Waals surface area contributed by atoms with Crippen LogP contribution in [0.2, 0.25) is 0 Å². The summed E-state index contributed by atoms with van der Waals surface area (Å²) in [7, 11) is 0. The maximum Gasteiger partial charge on any atom is 0.387 e. The Morgan fingerprint density at radius 2 is 1.73 bits per heavy atom. The third kappa shape index (κ3) is 4.91. The van der Waals surface area contributed by atoms with Crippen LogP contribution < -0.4 is 15.0 Å². The van der Waals surface area contributed by atoms with Gasteiger partial charge in [-0.3, -0.25) is 4.79 Å². The number of amides is 1. The first-order valence-corrected chi connectivity index (χ1v) is 8.69. The monoisotopic (exact) mass is 361 g/mol. The third-order valence-corrected chi connectivity index (χ3v) is 4.28. The summed E-state index contributed by atoms with van der Waals surface area (Å²) in [6.07, 6.45) is 6.38. The van der Waals surface area contributed by atoms with Crippen LogP contribution >= 0.6 is 0 Å². The van der Waals surface area contributed by atoms with Gasteiger partial charge >= 0.3 is 6.61 Å². The van der Waals surface area contributed by atoms with Crippen molar-refractivity contribution in [3.8, 4) is 5.75 Å². The van der Waals surface area contributed by atoms with E-state index in [2.05, 4.69) is 19.9 Å². The van der Waals surface area contributed by atoms with Crippen molar-refractivity contribution in [2.75, 3.05) is 23.3 Å². The van der Waals surface area contributed by atoms with Crippen LogP contribution in [0.1, 0.15) is 36.0 Å². The van der Waals surface area contributed by atoms with Crippen molar-refractivity contribution in [2.24, 2.45) is 0 Å². The van der Waals surface area contributed by atoms with Gasteiger partial charge in [0.1, 0.15) is 11.6 Å². The van der Waals surface area contributed by atoms with E-state index in [0.717, 1.165) is 31.7 Å². The SMILES string of the molecule is O=C(Nc1ccc(OC(F)F)cc1)c1ccc(N2CCCCCC2)nc1. The highest BCUT2D eigenvalue weighted by Crippen LogP contribution is 2.20. The molecule has 0 spiro atoms. The van der Waals surface area contributed by atoms with Gasteiger partial charge in [0.05, 0.1) is 5.56 Å². The van der Waals surface area contributed by atoms with E-state index in [4.69, 9.17) is 0 Å². The second-order valence-electron chi connectivity index (χ2n) is 6.16. The molecule has 1 aliphatic heterocycles. The van der Waals surface area contributed by atoms with Gasteiger partial charge in [-0.2, -0.15) is 8.78 Å². The predicted molar refractivity (Wildman–Crippen MR) is 95.9 cm³/mol. The first-order valence-electron chi connectivity index (χ1n) is 8.69. The Bertz CT molecular complexity index is 713. The molecule has 1 fully saturated rings. The highest BCUT2D eigenvalue weighted by atomic mass is 19.3. The fourth-order valence-electron chi connectivity index (χ4n) is 2.93. The van der Waals surface area contributed by atoms with Gasteiger partial charge in [0.15, 0.2) is 0 Å². The first-order chi connectivity index (χ1) is 12.6. The smallest absolute Gasteiger partial charge is 0.387 e. The molecular formula is C19H21F2N3O2. The number of nitrogens with zero attached hydrogens (tertiary/aromatic N) is 2. The fourth-order valence-corrected chi connectivity index (χ4v) is 2.93. The lowest BCUT2D eigenvalue weighted by molar-refractivity contribution is -0.0498. The number of carbonyl (C=O) groups excluding carboxylic acids is 1. The number of nitrogens with one attached hydrogen (secondary N) is 1. The summed E-state index contributed by atoms with van der Waals surface area (Å²) in [6, 6.07) is 9.38. The Morgan fingerprint density at radius 3 is 2.31 bits per heavy atom. The van der Waals surface area contributed by atoms with Crippen molar-refractivity contribution in [3.05, 3.63) is 48.2 Å². The number of aromatic nitrogens is 1. The highest BCUT2D eigenvalue weighted by molar-refractivity contribution is 6.04. The third-order valence-electron chi connectivity index (χ3n) is 4.28. The topological polar surface area (TPSA) is 54.5 Å². The van der Waals surface area contributed by atoms with E-state index >= 15 is 0 Å². The van der Waals surface area contributed by atoms with Crippen LogP contribution in [0.25, 0.3) is 0 Å². The molecule has 5 nitrogen and oxygen atoms in total. The number of alkyl halides is 2. The number of carbonyl (C=O) groups is 1.